The van der Waals surface area contributed by atoms with Gasteiger partial charge in [-0.05, 0) is 49.4 Å². The first-order valence-corrected chi connectivity index (χ1v) is 9.66. The van der Waals surface area contributed by atoms with Crippen molar-refractivity contribution in [1.29, 1.82) is 5.26 Å². The Balaban J connectivity index is 2.07. The first-order chi connectivity index (χ1) is 13.0. The van der Waals surface area contributed by atoms with E-state index in [0.717, 1.165) is 14.7 Å². The van der Waals surface area contributed by atoms with Crippen LogP contribution < -0.4 is 4.80 Å². The summed E-state index contributed by atoms with van der Waals surface area (Å²) in [4.78, 5) is 29.1. The molecule has 0 saturated carbocycles. The lowest BCUT2D eigenvalue weighted by Crippen LogP contribution is -2.23. The highest BCUT2D eigenvalue weighted by Crippen LogP contribution is 2.22. The molecule has 0 atom stereocenters. The Morgan fingerprint density at radius 1 is 1.26 bits per heavy atom. The zero-order valence-electron chi connectivity index (χ0n) is 14.3. The van der Waals surface area contributed by atoms with Crippen molar-refractivity contribution in [3.05, 3.63) is 62.9 Å². The average molecular weight is 444 g/mol. The Morgan fingerprint density at radius 2 is 2.00 bits per heavy atom. The summed E-state index contributed by atoms with van der Waals surface area (Å²) >= 11 is 4.74. The number of esters is 1. The molecule has 3 rings (SSSR count). The fourth-order valence-corrected chi connectivity index (χ4v) is 4.04. The first kappa shape index (κ1) is 19.0. The van der Waals surface area contributed by atoms with Crippen LogP contribution in [0.3, 0.4) is 0 Å². The van der Waals surface area contributed by atoms with Crippen LogP contribution >= 0.6 is 27.3 Å². The van der Waals surface area contributed by atoms with Crippen molar-refractivity contribution in [1.82, 2.24) is 4.57 Å². The molecular formula is C19H14BrN3O3S. The molecule has 0 N–H and O–H groups in total. The third-order valence-electron chi connectivity index (χ3n) is 3.70. The van der Waals surface area contributed by atoms with E-state index in [0.29, 0.717) is 15.9 Å². The van der Waals surface area contributed by atoms with E-state index < -0.39 is 11.9 Å². The van der Waals surface area contributed by atoms with E-state index in [9.17, 15) is 9.59 Å². The number of carbonyl (C=O) groups excluding carboxylic acids is 2. The lowest BCUT2D eigenvalue weighted by Gasteiger charge is -2.05. The molecule has 2 aromatic carbocycles. The summed E-state index contributed by atoms with van der Waals surface area (Å²) in [5, 5.41) is 8.86. The predicted octanol–water partition coefficient (Wildman–Crippen LogP) is 3.64. The van der Waals surface area contributed by atoms with Gasteiger partial charge >= 0.3 is 5.97 Å². The normalized spacial score (nSPS) is 11.4. The minimum atomic E-state index is -0.442. The summed E-state index contributed by atoms with van der Waals surface area (Å²) in [6.45, 7) is 1.99. The minimum absolute atomic E-state index is 0.0328. The summed E-state index contributed by atoms with van der Waals surface area (Å²) in [6.07, 6.45) is 0. The predicted molar refractivity (Wildman–Crippen MR) is 105 cm³/mol. The lowest BCUT2D eigenvalue weighted by molar-refractivity contribution is -0.143. The number of amides is 1. The number of rotatable bonds is 4. The molecule has 0 fully saturated rings. The number of halogens is 1. The maximum Gasteiger partial charge on any atom is 0.326 e. The minimum Gasteiger partial charge on any atom is -0.465 e. The largest absolute Gasteiger partial charge is 0.465 e. The second-order valence-electron chi connectivity index (χ2n) is 5.49. The number of ether oxygens (including phenoxy) is 1. The number of carbonyl (C=O) groups is 2. The Labute approximate surface area is 167 Å². The van der Waals surface area contributed by atoms with Gasteiger partial charge in [0.2, 0.25) is 0 Å². The topological polar surface area (TPSA) is 84.5 Å². The second kappa shape index (κ2) is 8.29. The van der Waals surface area contributed by atoms with Crippen molar-refractivity contribution in [3.8, 4) is 6.07 Å². The number of aromatic nitrogens is 1. The van der Waals surface area contributed by atoms with Crippen LogP contribution in [-0.2, 0) is 16.1 Å². The van der Waals surface area contributed by atoms with Gasteiger partial charge in [-0.2, -0.15) is 10.3 Å². The second-order valence-corrected chi connectivity index (χ2v) is 7.42. The van der Waals surface area contributed by atoms with Gasteiger partial charge in [0.15, 0.2) is 4.80 Å². The van der Waals surface area contributed by atoms with E-state index in [4.69, 9.17) is 10.00 Å². The van der Waals surface area contributed by atoms with Gasteiger partial charge in [-0.1, -0.05) is 27.3 Å². The first-order valence-electron chi connectivity index (χ1n) is 8.05. The maximum atomic E-state index is 12.5. The third-order valence-corrected chi connectivity index (χ3v) is 5.23. The van der Waals surface area contributed by atoms with Crippen LogP contribution in [0.1, 0.15) is 22.8 Å². The molecule has 1 amide bonds. The zero-order valence-corrected chi connectivity index (χ0v) is 16.7. The summed E-state index contributed by atoms with van der Waals surface area (Å²) in [5.41, 5.74) is 1.63. The number of hydrogen-bond acceptors (Lipinski definition) is 5. The molecule has 0 unspecified atom stereocenters. The highest BCUT2D eigenvalue weighted by Gasteiger charge is 2.13. The number of thiazole rings is 1. The molecule has 8 heteroatoms. The quantitative estimate of drug-likeness (QED) is 0.576. The van der Waals surface area contributed by atoms with Crippen LogP contribution in [0.2, 0.25) is 0 Å². The van der Waals surface area contributed by atoms with E-state index in [2.05, 4.69) is 20.9 Å². The molecule has 136 valence electrons. The van der Waals surface area contributed by atoms with Gasteiger partial charge < -0.3 is 9.30 Å². The van der Waals surface area contributed by atoms with E-state index in [1.165, 1.54) is 11.3 Å². The lowest BCUT2D eigenvalue weighted by atomic mass is 10.1. The number of nitriles is 1. The van der Waals surface area contributed by atoms with E-state index in [-0.39, 0.29) is 13.2 Å². The molecule has 0 radical (unpaired) electrons. The van der Waals surface area contributed by atoms with E-state index >= 15 is 0 Å². The van der Waals surface area contributed by atoms with Crippen LogP contribution in [0.15, 0.2) is 51.9 Å². The monoisotopic (exact) mass is 443 g/mol. The van der Waals surface area contributed by atoms with Crippen molar-refractivity contribution >= 4 is 49.4 Å². The smallest absolute Gasteiger partial charge is 0.326 e. The summed E-state index contributed by atoms with van der Waals surface area (Å²) in [7, 11) is 0. The van der Waals surface area contributed by atoms with Crippen LogP contribution in [0.25, 0.3) is 10.2 Å². The Bertz CT molecular complexity index is 1120. The molecule has 0 aliphatic heterocycles. The standard InChI is InChI=1S/C19H14BrN3O3S/c1-2-26-17(24)11-23-15-8-7-14(20)9-16(15)27-19(23)22-18(25)13-5-3-12(10-21)4-6-13/h3-9H,2,11H2,1H3. The van der Waals surface area contributed by atoms with Gasteiger partial charge in [0, 0.05) is 10.0 Å². The molecule has 0 bridgehead atoms. The molecule has 0 spiro atoms. The zero-order chi connectivity index (χ0) is 19.4. The Hall–Kier alpha value is -2.76. The third kappa shape index (κ3) is 4.32. The van der Waals surface area contributed by atoms with Crippen LogP contribution in [-0.4, -0.2) is 23.1 Å². The van der Waals surface area contributed by atoms with Gasteiger partial charge in [0.25, 0.3) is 5.91 Å². The molecule has 6 nitrogen and oxygen atoms in total. The molecule has 3 aromatic rings. The van der Waals surface area contributed by atoms with Crippen LogP contribution in [0.4, 0.5) is 0 Å². The summed E-state index contributed by atoms with van der Waals surface area (Å²) in [6, 6.07) is 13.9. The number of fused-ring (bicyclic) bond motifs is 1. The molecule has 1 aromatic heterocycles. The fraction of sp³-hybridized carbons (Fsp3) is 0.158. The van der Waals surface area contributed by atoms with Crippen molar-refractivity contribution in [2.45, 2.75) is 13.5 Å². The Morgan fingerprint density at radius 3 is 2.67 bits per heavy atom. The molecule has 0 saturated heterocycles. The van der Waals surface area contributed by atoms with Crippen LogP contribution in [0, 0.1) is 11.3 Å². The molecule has 27 heavy (non-hydrogen) atoms. The Kier molecular flexibility index (Phi) is 5.84. The van der Waals surface area contributed by atoms with Crippen molar-refractivity contribution in [2.75, 3.05) is 6.61 Å². The number of nitrogens with zero attached hydrogens (tertiary/aromatic N) is 3. The van der Waals surface area contributed by atoms with Crippen LogP contribution in [0.5, 0.6) is 0 Å². The maximum absolute atomic E-state index is 12.5. The fourth-order valence-electron chi connectivity index (χ4n) is 2.46. The SMILES string of the molecule is CCOC(=O)Cn1c(=NC(=O)c2ccc(C#N)cc2)sc2cc(Br)ccc21. The van der Waals surface area contributed by atoms with Crippen molar-refractivity contribution < 1.29 is 14.3 Å². The molecule has 0 aliphatic rings. The summed E-state index contributed by atoms with van der Waals surface area (Å²) in [5.74, 6) is -0.838. The van der Waals surface area contributed by atoms with Gasteiger partial charge in [0.1, 0.15) is 6.54 Å². The van der Waals surface area contributed by atoms with E-state index in [1.54, 1.807) is 35.8 Å². The highest BCUT2D eigenvalue weighted by molar-refractivity contribution is 9.10. The van der Waals surface area contributed by atoms with Gasteiger partial charge in [0.05, 0.1) is 28.5 Å². The van der Waals surface area contributed by atoms with Crippen molar-refractivity contribution in [3.63, 3.8) is 0 Å². The van der Waals surface area contributed by atoms with Gasteiger partial charge in [-0.15, -0.1) is 0 Å². The molecule has 0 aliphatic carbocycles. The number of benzene rings is 2. The van der Waals surface area contributed by atoms with Gasteiger partial charge in [-0.3, -0.25) is 9.59 Å². The summed E-state index contributed by atoms with van der Waals surface area (Å²) < 4.78 is 8.49. The average Bonchev–Trinajstić information content (AvgIpc) is 2.98. The highest BCUT2D eigenvalue weighted by atomic mass is 79.9. The molecular weight excluding hydrogens is 430 g/mol. The van der Waals surface area contributed by atoms with E-state index in [1.807, 2.05) is 24.3 Å². The van der Waals surface area contributed by atoms with Crippen molar-refractivity contribution in [2.24, 2.45) is 4.99 Å². The number of hydrogen-bond donors (Lipinski definition) is 0. The van der Waals surface area contributed by atoms with Gasteiger partial charge in [-0.25, -0.2) is 0 Å². The molecule has 1 heterocycles.